The van der Waals surface area contributed by atoms with Crippen LogP contribution in [0.3, 0.4) is 0 Å². The molecule has 0 aromatic heterocycles. The molecule has 0 heterocycles. The molecule has 0 aliphatic heterocycles. The van der Waals surface area contributed by atoms with Crippen molar-refractivity contribution in [2.24, 2.45) is 0 Å². The van der Waals surface area contributed by atoms with Gasteiger partial charge in [0.15, 0.2) is 0 Å². The largest absolute Gasteiger partial charge is 0.192 e. The maximum absolute atomic E-state index is 9.35. The Bertz CT molecular complexity index is 7140. The third-order valence-electron chi connectivity index (χ3n) is 24.8. The first kappa shape index (κ1) is 70.7. The molecule has 0 saturated carbocycles. The fraction of sp³-hybridized carbons (Fsp3) is 0.106. The SMILES string of the molecule is Cc1ccc2c(-c3ccc(C#N)cc3)c3ccccc3c(-c3ccc4c(c3)C(C)(C)c3ccccc3-4)c2c1.Cc1ccc2c(/C=C/c3ccccc3)c3ccccc3c(-c3ccc4c(c3)C(C)(C)c3ccccc3-4)c2c1.Cc1ccc2c(C#Cc3ccccc3)c3ccccc3c(-c3ccc4c(c3)C(C)(C)c3ccccc3-4)c2c1. The molecule has 0 fully saturated rings. The van der Waals surface area contributed by atoms with Crippen LogP contribution in [0.4, 0.5) is 0 Å². The Morgan fingerprint density at radius 2 is 0.553 bits per heavy atom. The highest BCUT2D eigenvalue weighted by Gasteiger charge is 2.39. The lowest BCUT2D eigenvalue weighted by molar-refractivity contribution is 0.660. The zero-order valence-electron chi connectivity index (χ0n) is 65.9. The number of fused-ring (bicyclic) bond motifs is 15. The number of nitrogens with zero attached hydrogens (tertiary/aromatic N) is 1. The quantitative estimate of drug-likeness (QED) is 0.0925. The second-order valence-electron chi connectivity index (χ2n) is 32.9. The molecule has 3 aliphatic carbocycles. The average molecular weight is 1460 g/mol. The molecule has 0 unspecified atom stereocenters. The highest BCUT2D eigenvalue weighted by atomic mass is 14.4. The summed E-state index contributed by atoms with van der Waals surface area (Å²) in [7, 11) is 0. The zero-order chi connectivity index (χ0) is 77.7. The summed E-state index contributed by atoms with van der Waals surface area (Å²) in [6, 6.07) is 126. The van der Waals surface area contributed by atoms with Gasteiger partial charge in [0.05, 0.1) is 11.6 Å². The third-order valence-corrected chi connectivity index (χ3v) is 24.8. The number of aryl methyl sites for hydroxylation is 3. The number of hydrogen-bond acceptors (Lipinski definition) is 1. The van der Waals surface area contributed by atoms with Gasteiger partial charge in [-0.15, -0.1) is 0 Å². The van der Waals surface area contributed by atoms with Crippen molar-refractivity contribution in [3.8, 4) is 95.8 Å². The van der Waals surface area contributed by atoms with E-state index in [1.54, 1.807) is 0 Å². The molecule has 0 spiro atoms. The minimum atomic E-state index is -0.0497. The van der Waals surface area contributed by atoms with Gasteiger partial charge in [0.2, 0.25) is 0 Å². The molecule has 0 N–H and O–H groups in total. The maximum Gasteiger partial charge on any atom is 0.0991 e. The topological polar surface area (TPSA) is 23.8 Å². The van der Waals surface area contributed by atoms with Gasteiger partial charge in [0, 0.05) is 27.4 Å². The Balaban J connectivity index is 0.000000115. The van der Waals surface area contributed by atoms with E-state index < -0.39 is 0 Å². The van der Waals surface area contributed by atoms with E-state index in [4.69, 9.17) is 0 Å². The number of benzene rings is 18. The second kappa shape index (κ2) is 28.0. The van der Waals surface area contributed by atoms with Gasteiger partial charge in [-0.2, -0.15) is 5.26 Å². The predicted molar refractivity (Wildman–Crippen MR) is 486 cm³/mol. The summed E-state index contributed by atoms with van der Waals surface area (Å²) in [5, 5.41) is 24.4. The van der Waals surface area contributed by atoms with E-state index in [1.807, 2.05) is 30.3 Å². The lowest BCUT2D eigenvalue weighted by Crippen LogP contribution is -2.14. The molecule has 0 atom stereocenters. The first-order valence-electron chi connectivity index (χ1n) is 39.9. The Morgan fingerprint density at radius 3 is 1.02 bits per heavy atom. The smallest absolute Gasteiger partial charge is 0.0991 e. The lowest BCUT2D eigenvalue weighted by Gasteiger charge is -2.23. The summed E-state index contributed by atoms with van der Waals surface area (Å²) in [5.41, 5.74) is 35.5. The van der Waals surface area contributed by atoms with Crippen molar-refractivity contribution >= 4 is 76.8 Å². The monoisotopic (exact) mass is 1460 g/mol. The molecule has 0 amide bonds. The molecule has 18 aromatic carbocycles. The van der Waals surface area contributed by atoms with Gasteiger partial charge in [0.1, 0.15) is 0 Å². The summed E-state index contributed by atoms with van der Waals surface area (Å²) >= 11 is 0. The van der Waals surface area contributed by atoms with Crippen molar-refractivity contribution < 1.29 is 0 Å². The molecular weight excluding hydrogens is 1370 g/mol. The van der Waals surface area contributed by atoms with Gasteiger partial charge < -0.3 is 0 Å². The minimum Gasteiger partial charge on any atom is -0.192 e. The number of hydrogen-bond donors (Lipinski definition) is 0. The van der Waals surface area contributed by atoms with E-state index in [0.29, 0.717) is 5.56 Å². The van der Waals surface area contributed by atoms with Crippen LogP contribution in [0.15, 0.2) is 340 Å². The van der Waals surface area contributed by atoms with E-state index in [2.05, 4.69) is 402 Å². The third kappa shape index (κ3) is 11.8. The Kier molecular flexibility index (Phi) is 17.3. The van der Waals surface area contributed by atoms with Crippen LogP contribution in [0.25, 0.3) is 155 Å². The van der Waals surface area contributed by atoms with Gasteiger partial charge in [0.25, 0.3) is 0 Å². The Labute approximate surface area is 669 Å². The summed E-state index contributed by atoms with van der Waals surface area (Å²) in [4.78, 5) is 0. The summed E-state index contributed by atoms with van der Waals surface area (Å²) in [5.74, 6) is 6.99. The number of rotatable bonds is 6. The van der Waals surface area contributed by atoms with E-state index in [-0.39, 0.29) is 16.2 Å². The van der Waals surface area contributed by atoms with Crippen molar-refractivity contribution in [2.45, 2.75) is 78.6 Å². The van der Waals surface area contributed by atoms with E-state index >= 15 is 0 Å². The van der Waals surface area contributed by atoms with Crippen LogP contribution >= 0.6 is 0 Å². The Morgan fingerprint density at radius 1 is 0.237 bits per heavy atom. The standard InChI is InChI=1S/C38H30.C38H28.C37H27N/c2*1-25-17-20-30-29(21-18-26-11-5-4-6-12-26)28-13-7-8-15-33(28)37(34(30)23-25)27-19-22-32-31-14-9-10-16-35(31)38(2,3)36(32)24-27;1-23-12-18-31-32(20-23)36(26-17-19-28-27-8-6-7-11-33(27)37(2,3)34(28)21-26)30-10-5-4-9-29(30)35(31)25-15-13-24(22-38)14-16-25/h4-24H,1-3H3;4-17,19-20,22-24H,1-3H3;4-21H,1-3H3/b21-18+;;. The summed E-state index contributed by atoms with van der Waals surface area (Å²) in [6.45, 7) is 20.6. The second-order valence-corrected chi connectivity index (χ2v) is 32.9. The predicted octanol–water partition coefficient (Wildman–Crippen LogP) is 29.9. The van der Waals surface area contributed by atoms with Crippen LogP contribution in [0.1, 0.15) is 119 Å². The van der Waals surface area contributed by atoms with Crippen LogP contribution in [0, 0.1) is 43.9 Å². The van der Waals surface area contributed by atoms with E-state index in [9.17, 15) is 5.26 Å². The molecule has 1 heteroatoms. The molecule has 114 heavy (non-hydrogen) atoms. The summed E-state index contributed by atoms with van der Waals surface area (Å²) < 4.78 is 0. The fourth-order valence-electron chi connectivity index (χ4n) is 19.2. The van der Waals surface area contributed by atoms with Crippen molar-refractivity contribution in [2.75, 3.05) is 0 Å². The van der Waals surface area contributed by atoms with Crippen molar-refractivity contribution in [3.63, 3.8) is 0 Å². The molecule has 0 radical (unpaired) electrons. The first-order valence-corrected chi connectivity index (χ1v) is 39.9. The normalized spacial score (nSPS) is 13.4. The molecule has 0 saturated heterocycles. The van der Waals surface area contributed by atoms with Gasteiger partial charge in [-0.1, -0.05) is 379 Å². The first-order chi connectivity index (χ1) is 55.5. The fourth-order valence-corrected chi connectivity index (χ4v) is 19.2. The van der Waals surface area contributed by atoms with Crippen molar-refractivity contribution in [1.29, 1.82) is 5.26 Å². The van der Waals surface area contributed by atoms with Crippen molar-refractivity contribution in [3.05, 3.63) is 418 Å². The highest BCUT2D eigenvalue weighted by Crippen LogP contribution is 2.55. The average Bonchev–Trinajstić information content (AvgIpc) is 1.41. The van der Waals surface area contributed by atoms with Crippen LogP contribution in [-0.4, -0.2) is 0 Å². The maximum atomic E-state index is 9.35. The van der Waals surface area contributed by atoms with Crippen LogP contribution in [0.5, 0.6) is 0 Å². The van der Waals surface area contributed by atoms with Crippen LogP contribution in [-0.2, 0) is 16.2 Å². The summed E-state index contributed by atoms with van der Waals surface area (Å²) in [6.07, 6.45) is 4.53. The van der Waals surface area contributed by atoms with Crippen LogP contribution in [0.2, 0.25) is 0 Å². The molecule has 3 aliphatic rings. The molecule has 18 aromatic rings. The van der Waals surface area contributed by atoms with Crippen LogP contribution < -0.4 is 0 Å². The van der Waals surface area contributed by atoms with Gasteiger partial charge in [-0.05, 0) is 250 Å². The van der Waals surface area contributed by atoms with Gasteiger partial charge in [-0.3, -0.25) is 0 Å². The van der Waals surface area contributed by atoms with Gasteiger partial charge >= 0.3 is 0 Å². The molecule has 542 valence electrons. The van der Waals surface area contributed by atoms with Gasteiger partial charge in [-0.25, -0.2) is 0 Å². The molecule has 1 nitrogen and oxygen atoms in total. The van der Waals surface area contributed by atoms with Crippen molar-refractivity contribution in [1.82, 2.24) is 0 Å². The van der Waals surface area contributed by atoms with E-state index in [1.165, 1.54) is 198 Å². The molecule has 0 bridgehead atoms. The Hall–Kier alpha value is -13.7. The minimum absolute atomic E-state index is 0.0260. The number of nitriles is 1. The lowest BCUT2D eigenvalue weighted by atomic mass is 9.80. The molecule has 21 rings (SSSR count). The van der Waals surface area contributed by atoms with E-state index in [0.717, 1.165) is 16.7 Å². The molecular formula is C113H85N. The highest BCUT2D eigenvalue weighted by molar-refractivity contribution is 6.23. The zero-order valence-corrected chi connectivity index (χ0v) is 65.9.